The molecular weight excluding hydrogens is 455 g/mol. The van der Waals surface area contributed by atoms with Crippen LogP contribution in [0.3, 0.4) is 0 Å². The monoisotopic (exact) mass is 484 g/mol. The number of piperazine rings is 1. The fraction of sp³-hybridized carbons (Fsp3) is 0.440. The van der Waals surface area contributed by atoms with Gasteiger partial charge in [0, 0.05) is 56.9 Å². The summed E-state index contributed by atoms with van der Waals surface area (Å²) in [5.41, 5.74) is 2.19. The lowest BCUT2D eigenvalue weighted by molar-refractivity contribution is -0.129. The molecule has 2 aromatic rings. The molecule has 0 radical (unpaired) electrons. The van der Waals surface area contributed by atoms with Gasteiger partial charge in [-0.25, -0.2) is 12.8 Å². The summed E-state index contributed by atoms with van der Waals surface area (Å²) in [5, 5.41) is 8.30. The predicted molar refractivity (Wildman–Crippen MR) is 128 cm³/mol. The minimum absolute atomic E-state index is 0.0273. The first-order chi connectivity index (χ1) is 16.2. The molecule has 0 N–H and O–H groups in total. The van der Waals surface area contributed by atoms with Crippen LogP contribution >= 0.6 is 0 Å². The molecule has 2 aliphatic rings. The number of hydrogen-bond acceptors (Lipinski definition) is 5. The molecule has 0 saturated carbocycles. The molecule has 0 aliphatic carbocycles. The number of halogens is 1. The minimum Gasteiger partial charge on any atom is -0.368 e. The van der Waals surface area contributed by atoms with E-state index in [0.717, 1.165) is 5.69 Å². The zero-order valence-corrected chi connectivity index (χ0v) is 20.3. The lowest BCUT2D eigenvalue weighted by Gasteiger charge is -2.38. The third-order valence-electron chi connectivity index (χ3n) is 6.89. The second-order valence-electron chi connectivity index (χ2n) is 9.01. The van der Waals surface area contributed by atoms with Crippen molar-refractivity contribution in [1.29, 1.82) is 5.26 Å². The van der Waals surface area contributed by atoms with Gasteiger partial charge in [-0.3, -0.25) is 4.79 Å². The first-order valence-corrected chi connectivity index (χ1v) is 13.0. The summed E-state index contributed by atoms with van der Waals surface area (Å²) < 4.78 is 43.5. The molecule has 1 amide bonds. The third-order valence-corrected chi connectivity index (χ3v) is 9.26. The van der Waals surface area contributed by atoms with Crippen LogP contribution in [0, 0.1) is 17.1 Å². The normalized spacial score (nSPS) is 22.9. The Morgan fingerprint density at radius 2 is 1.76 bits per heavy atom. The molecule has 180 valence electrons. The van der Waals surface area contributed by atoms with Crippen molar-refractivity contribution < 1.29 is 17.6 Å². The van der Waals surface area contributed by atoms with Crippen LogP contribution in [0.2, 0.25) is 0 Å². The Balaban J connectivity index is 1.51. The fourth-order valence-electron chi connectivity index (χ4n) is 4.77. The van der Waals surface area contributed by atoms with E-state index in [1.54, 1.807) is 42.2 Å². The smallest absolute Gasteiger partial charge is 0.221 e. The second kappa shape index (κ2) is 9.72. The van der Waals surface area contributed by atoms with E-state index in [9.17, 15) is 13.2 Å². The lowest BCUT2D eigenvalue weighted by Crippen LogP contribution is -2.48. The Hall–Kier alpha value is -2.96. The van der Waals surface area contributed by atoms with E-state index in [1.807, 2.05) is 24.0 Å². The Bertz CT molecular complexity index is 1200. The van der Waals surface area contributed by atoms with Gasteiger partial charge in [-0.05, 0) is 49.6 Å². The van der Waals surface area contributed by atoms with Gasteiger partial charge >= 0.3 is 0 Å². The molecule has 4 rings (SSSR count). The Morgan fingerprint density at radius 3 is 2.35 bits per heavy atom. The van der Waals surface area contributed by atoms with Crippen LogP contribution in [0.4, 0.5) is 10.1 Å². The molecule has 2 atom stereocenters. The molecule has 34 heavy (non-hydrogen) atoms. The summed E-state index contributed by atoms with van der Waals surface area (Å²) in [5.74, 6) is -0.397. The van der Waals surface area contributed by atoms with Gasteiger partial charge < -0.3 is 9.80 Å². The topological polar surface area (TPSA) is 84.7 Å². The van der Waals surface area contributed by atoms with E-state index in [2.05, 4.69) is 0 Å². The molecule has 2 heterocycles. The van der Waals surface area contributed by atoms with Crippen LogP contribution in [0.1, 0.15) is 48.6 Å². The van der Waals surface area contributed by atoms with Crippen LogP contribution in [0.25, 0.3) is 0 Å². The predicted octanol–water partition coefficient (Wildman–Crippen LogP) is 3.42. The molecule has 2 aliphatic heterocycles. The molecule has 0 bridgehead atoms. The van der Waals surface area contributed by atoms with Crippen LogP contribution in [0.15, 0.2) is 42.5 Å². The van der Waals surface area contributed by atoms with E-state index >= 15 is 4.39 Å². The first-order valence-electron chi connectivity index (χ1n) is 11.5. The average Bonchev–Trinajstić information content (AvgIpc) is 2.82. The summed E-state index contributed by atoms with van der Waals surface area (Å²) in [6, 6.07) is 13.4. The summed E-state index contributed by atoms with van der Waals surface area (Å²) in [7, 11) is -3.71. The summed E-state index contributed by atoms with van der Waals surface area (Å²) in [6.07, 6.45) is 1.16. The summed E-state index contributed by atoms with van der Waals surface area (Å²) in [6.45, 7) is 5.82. The van der Waals surface area contributed by atoms with Crippen LogP contribution in [-0.2, 0) is 21.4 Å². The maximum Gasteiger partial charge on any atom is 0.221 e. The van der Waals surface area contributed by atoms with Gasteiger partial charge in [-0.2, -0.15) is 9.57 Å². The number of sulfonamides is 1. The SMILES string of the molecule is CC(=O)N1CCN(c2ccc(CN3[C@@H](C)CCC(c4ccc(C#N)cc4)S3(=O)=O)c(F)c2)CC1. The number of carbonyl (C=O) groups is 1. The molecule has 2 fully saturated rings. The zero-order valence-electron chi connectivity index (χ0n) is 19.4. The van der Waals surface area contributed by atoms with Crippen molar-refractivity contribution in [2.45, 2.75) is 44.5 Å². The number of nitriles is 1. The number of nitrogens with zero attached hydrogens (tertiary/aromatic N) is 4. The van der Waals surface area contributed by atoms with Crippen molar-refractivity contribution >= 4 is 21.6 Å². The molecular formula is C25H29FN4O3S. The lowest BCUT2D eigenvalue weighted by atomic mass is 10.0. The highest BCUT2D eigenvalue weighted by Gasteiger charge is 2.40. The van der Waals surface area contributed by atoms with Gasteiger partial charge in [0.25, 0.3) is 0 Å². The van der Waals surface area contributed by atoms with Crippen molar-refractivity contribution in [1.82, 2.24) is 9.21 Å². The maximum atomic E-state index is 15.1. The minimum atomic E-state index is -3.71. The maximum absolute atomic E-state index is 15.1. The number of hydrogen-bond donors (Lipinski definition) is 0. The molecule has 0 aromatic heterocycles. The van der Waals surface area contributed by atoms with E-state index in [1.165, 1.54) is 10.4 Å². The molecule has 1 unspecified atom stereocenters. The van der Waals surface area contributed by atoms with Crippen molar-refractivity contribution in [3.05, 3.63) is 65.0 Å². The number of carbonyl (C=O) groups excluding carboxylic acids is 1. The van der Waals surface area contributed by atoms with Gasteiger partial charge in [0.1, 0.15) is 11.1 Å². The van der Waals surface area contributed by atoms with Gasteiger partial charge in [0.2, 0.25) is 15.9 Å². The van der Waals surface area contributed by atoms with Gasteiger partial charge in [0.15, 0.2) is 0 Å². The first kappa shape index (κ1) is 24.2. The molecule has 2 aromatic carbocycles. The molecule has 7 nitrogen and oxygen atoms in total. The standard InChI is InChI=1S/C25H29FN4O3S/c1-18-3-10-25(21-6-4-20(16-27)5-7-21)34(32,33)30(18)17-22-8-9-23(15-24(22)26)29-13-11-28(12-14-29)19(2)31/h4-9,15,18,25H,3,10-14,17H2,1-2H3/t18-,25?/m0/s1. The van der Waals surface area contributed by atoms with E-state index in [-0.39, 0.29) is 18.5 Å². The Morgan fingerprint density at radius 1 is 1.09 bits per heavy atom. The molecule has 9 heteroatoms. The van der Waals surface area contributed by atoms with E-state index < -0.39 is 21.1 Å². The van der Waals surface area contributed by atoms with E-state index in [0.29, 0.717) is 55.7 Å². The fourth-order valence-corrected chi connectivity index (χ4v) is 6.95. The van der Waals surface area contributed by atoms with Crippen molar-refractivity contribution in [3.63, 3.8) is 0 Å². The van der Waals surface area contributed by atoms with Gasteiger partial charge in [-0.15, -0.1) is 0 Å². The van der Waals surface area contributed by atoms with Gasteiger partial charge in [-0.1, -0.05) is 18.2 Å². The highest BCUT2D eigenvalue weighted by molar-refractivity contribution is 7.89. The van der Waals surface area contributed by atoms with Crippen LogP contribution in [-0.4, -0.2) is 55.8 Å². The summed E-state index contributed by atoms with van der Waals surface area (Å²) >= 11 is 0. The van der Waals surface area contributed by atoms with E-state index in [4.69, 9.17) is 5.26 Å². The second-order valence-corrected chi connectivity index (χ2v) is 11.1. The molecule has 0 spiro atoms. The van der Waals surface area contributed by atoms with Crippen LogP contribution in [0.5, 0.6) is 0 Å². The summed E-state index contributed by atoms with van der Waals surface area (Å²) in [4.78, 5) is 15.3. The number of anilines is 1. The highest BCUT2D eigenvalue weighted by Crippen LogP contribution is 2.38. The largest absolute Gasteiger partial charge is 0.368 e. The number of rotatable bonds is 4. The highest BCUT2D eigenvalue weighted by atomic mass is 32.2. The van der Waals surface area contributed by atoms with Crippen LogP contribution < -0.4 is 4.90 Å². The number of amides is 1. The Kier molecular flexibility index (Phi) is 6.91. The molecule has 2 saturated heterocycles. The Labute approximate surface area is 200 Å². The van der Waals surface area contributed by atoms with Crippen molar-refractivity contribution in [2.24, 2.45) is 0 Å². The van der Waals surface area contributed by atoms with Crippen molar-refractivity contribution in [2.75, 3.05) is 31.1 Å². The number of benzene rings is 2. The zero-order chi connectivity index (χ0) is 24.5. The third kappa shape index (κ3) is 4.79. The average molecular weight is 485 g/mol. The quantitative estimate of drug-likeness (QED) is 0.664. The van der Waals surface area contributed by atoms with Crippen molar-refractivity contribution in [3.8, 4) is 6.07 Å². The van der Waals surface area contributed by atoms with Gasteiger partial charge in [0.05, 0.1) is 11.6 Å².